The van der Waals surface area contributed by atoms with Gasteiger partial charge in [0.2, 0.25) is 0 Å². The lowest BCUT2D eigenvalue weighted by Crippen LogP contribution is -2.01. The molecule has 0 fully saturated rings. The van der Waals surface area contributed by atoms with Crippen molar-refractivity contribution in [2.75, 3.05) is 11.1 Å². The van der Waals surface area contributed by atoms with E-state index >= 15 is 0 Å². The van der Waals surface area contributed by atoms with Crippen molar-refractivity contribution in [2.24, 2.45) is 0 Å². The third-order valence-corrected chi connectivity index (χ3v) is 3.09. The minimum absolute atomic E-state index is 0.752. The normalized spacial score (nSPS) is 10.5. The Balaban J connectivity index is 1.90. The Morgan fingerprint density at radius 3 is 2.68 bits per heavy atom. The molecule has 3 N–H and O–H groups in total. The van der Waals surface area contributed by atoms with E-state index in [0.717, 1.165) is 28.8 Å². The number of hydrogen-bond donors (Lipinski definition) is 2. The third kappa shape index (κ3) is 2.50. The lowest BCUT2D eigenvalue weighted by atomic mass is 10.1. The van der Waals surface area contributed by atoms with Gasteiger partial charge in [-0.2, -0.15) is 0 Å². The predicted octanol–water partition coefficient (Wildman–Crippen LogP) is 3.43. The average Bonchev–Trinajstić information content (AvgIpc) is 2.46. The summed E-state index contributed by atoms with van der Waals surface area (Å²) >= 11 is 0. The van der Waals surface area contributed by atoms with E-state index in [4.69, 9.17) is 5.73 Å². The highest BCUT2D eigenvalue weighted by molar-refractivity contribution is 5.93. The van der Waals surface area contributed by atoms with E-state index in [1.807, 2.05) is 48.7 Å². The molecule has 0 aliphatic carbocycles. The van der Waals surface area contributed by atoms with Gasteiger partial charge < -0.3 is 11.1 Å². The molecule has 19 heavy (non-hydrogen) atoms. The fourth-order valence-corrected chi connectivity index (χ4v) is 2.11. The average molecular weight is 249 g/mol. The van der Waals surface area contributed by atoms with E-state index in [-0.39, 0.29) is 0 Å². The summed E-state index contributed by atoms with van der Waals surface area (Å²) in [6.07, 6.45) is 1.81. The summed E-state index contributed by atoms with van der Waals surface area (Å²) in [5.74, 6) is 0.869. The zero-order valence-corrected chi connectivity index (χ0v) is 10.5. The predicted molar refractivity (Wildman–Crippen MR) is 79.9 cm³/mol. The summed E-state index contributed by atoms with van der Waals surface area (Å²) in [6.45, 7) is 0.752. The van der Waals surface area contributed by atoms with Crippen molar-refractivity contribution in [3.05, 3.63) is 66.4 Å². The van der Waals surface area contributed by atoms with Crippen LogP contribution >= 0.6 is 0 Å². The molecule has 0 aliphatic heterocycles. The summed E-state index contributed by atoms with van der Waals surface area (Å²) in [5, 5.41) is 5.56. The van der Waals surface area contributed by atoms with Crippen molar-refractivity contribution in [1.29, 1.82) is 0 Å². The Hall–Kier alpha value is -2.55. The molecule has 2 aromatic carbocycles. The van der Waals surface area contributed by atoms with Crippen molar-refractivity contribution in [2.45, 2.75) is 6.54 Å². The van der Waals surface area contributed by atoms with Gasteiger partial charge in [-0.15, -0.1) is 0 Å². The van der Waals surface area contributed by atoms with Crippen LogP contribution in [0.1, 0.15) is 5.56 Å². The Morgan fingerprint density at radius 2 is 1.84 bits per heavy atom. The molecule has 0 aliphatic rings. The topological polar surface area (TPSA) is 50.9 Å². The second-order valence-electron chi connectivity index (χ2n) is 4.48. The zero-order valence-electron chi connectivity index (χ0n) is 10.5. The van der Waals surface area contributed by atoms with Gasteiger partial charge in [0.05, 0.1) is 0 Å². The highest BCUT2D eigenvalue weighted by atomic mass is 15.0. The molecule has 0 saturated carbocycles. The second kappa shape index (κ2) is 4.98. The van der Waals surface area contributed by atoms with Gasteiger partial charge in [-0.05, 0) is 29.1 Å². The number of nitrogen functional groups attached to an aromatic ring is 1. The third-order valence-electron chi connectivity index (χ3n) is 3.09. The van der Waals surface area contributed by atoms with Gasteiger partial charge in [-0.3, -0.25) is 0 Å². The van der Waals surface area contributed by atoms with Crippen LogP contribution in [0.2, 0.25) is 0 Å². The van der Waals surface area contributed by atoms with Gasteiger partial charge in [-0.1, -0.05) is 36.4 Å². The lowest BCUT2D eigenvalue weighted by molar-refractivity contribution is 1.12. The van der Waals surface area contributed by atoms with Crippen LogP contribution in [0.3, 0.4) is 0 Å². The van der Waals surface area contributed by atoms with Crippen LogP contribution < -0.4 is 11.1 Å². The quantitative estimate of drug-likeness (QED) is 0.699. The number of aromatic nitrogens is 1. The van der Waals surface area contributed by atoms with Crippen LogP contribution in [-0.2, 0) is 6.54 Å². The Bertz CT molecular complexity index is 693. The first-order valence-corrected chi connectivity index (χ1v) is 6.25. The molecule has 3 heteroatoms. The first-order chi connectivity index (χ1) is 9.33. The molecule has 0 unspecified atom stereocenters. The maximum atomic E-state index is 5.84. The monoisotopic (exact) mass is 249 g/mol. The van der Waals surface area contributed by atoms with Crippen molar-refractivity contribution in [3.63, 3.8) is 0 Å². The van der Waals surface area contributed by atoms with Crippen LogP contribution in [0.15, 0.2) is 60.8 Å². The SMILES string of the molecule is Nc1ccc2ccnc(NCc3ccccc3)c2c1. The van der Waals surface area contributed by atoms with Gasteiger partial charge >= 0.3 is 0 Å². The molecule has 0 atom stereocenters. The molecule has 0 saturated heterocycles. The van der Waals surface area contributed by atoms with Crippen LogP contribution in [0, 0.1) is 0 Å². The van der Waals surface area contributed by atoms with Gasteiger partial charge in [0, 0.05) is 23.8 Å². The van der Waals surface area contributed by atoms with Gasteiger partial charge in [0.1, 0.15) is 5.82 Å². The maximum absolute atomic E-state index is 5.84. The molecule has 0 amide bonds. The molecule has 3 nitrogen and oxygen atoms in total. The standard InChI is InChI=1S/C16H15N3/c17-14-7-6-13-8-9-18-16(15(13)10-14)19-11-12-4-2-1-3-5-12/h1-10H,11,17H2,(H,18,19). The van der Waals surface area contributed by atoms with Crippen molar-refractivity contribution in [1.82, 2.24) is 4.98 Å². The molecule has 1 heterocycles. The number of nitrogens with one attached hydrogen (secondary N) is 1. The highest BCUT2D eigenvalue weighted by Crippen LogP contribution is 2.23. The van der Waals surface area contributed by atoms with Gasteiger partial charge in [0.25, 0.3) is 0 Å². The molecular formula is C16H15N3. The number of hydrogen-bond acceptors (Lipinski definition) is 3. The number of anilines is 2. The van der Waals surface area contributed by atoms with Crippen molar-refractivity contribution < 1.29 is 0 Å². The summed E-state index contributed by atoms with van der Waals surface area (Å²) in [7, 11) is 0. The largest absolute Gasteiger partial charge is 0.399 e. The number of fused-ring (bicyclic) bond motifs is 1. The lowest BCUT2D eigenvalue weighted by Gasteiger charge is -2.09. The zero-order chi connectivity index (χ0) is 13.1. The molecule has 0 radical (unpaired) electrons. The molecule has 3 rings (SSSR count). The first kappa shape index (κ1) is 11.5. The first-order valence-electron chi connectivity index (χ1n) is 6.25. The number of pyridine rings is 1. The van der Waals surface area contributed by atoms with E-state index in [1.165, 1.54) is 5.56 Å². The van der Waals surface area contributed by atoms with Crippen LogP contribution in [0.5, 0.6) is 0 Å². The number of benzene rings is 2. The van der Waals surface area contributed by atoms with Crippen LogP contribution in [-0.4, -0.2) is 4.98 Å². The summed E-state index contributed by atoms with van der Waals surface area (Å²) < 4.78 is 0. The fraction of sp³-hybridized carbons (Fsp3) is 0.0625. The number of nitrogens with two attached hydrogens (primary N) is 1. The Morgan fingerprint density at radius 1 is 1.00 bits per heavy atom. The van der Waals surface area contributed by atoms with Gasteiger partial charge in [0.15, 0.2) is 0 Å². The smallest absolute Gasteiger partial charge is 0.134 e. The molecule has 0 bridgehead atoms. The minimum Gasteiger partial charge on any atom is -0.399 e. The molecule has 1 aromatic heterocycles. The van der Waals surface area contributed by atoms with E-state index in [1.54, 1.807) is 0 Å². The summed E-state index contributed by atoms with van der Waals surface area (Å²) in [4.78, 5) is 4.40. The number of rotatable bonds is 3. The molecule has 3 aromatic rings. The highest BCUT2D eigenvalue weighted by Gasteiger charge is 2.02. The summed E-state index contributed by atoms with van der Waals surface area (Å²) in [6, 6.07) is 18.1. The maximum Gasteiger partial charge on any atom is 0.134 e. The van der Waals surface area contributed by atoms with Crippen LogP contribution in [0.4, 0.5) is 11.5 Å². The van der Waals surface area contributed by atoms with Crippen LogP contribution in [0.25, 0.3) is 10.8 Å². The van der Waals surface area contributed by atoms with E-state index in [2.05, 4.69) is 22.4 Å². The molecular weight excluding hydrogens is 234 g/mol. The van der Waals surface area contributed by atoms with Crippen molar-refractivity contribution >= 4 is 22.3 Å². The number of nitrogens with zero attached hydrogens (tertiary/aromatic N) is 1. The Kier molecular flexibility index (Phi) is 3.02. The van der Waals surface area contributed by atoms with Gasteiger partial charge in [-0.25, -0.2) is 4.98 Å². The van der Waals surface area contributed by atoms with E-state index in [9.17, 15) is 0 Å². The minimum atomic E-state index is 0.752. The Labute approximate surface area is 112 Å². The van der Waals surface area contributed by atoms with E-state index in [0.29, 0.717) is 0 Å². The fourth-order valence-electron chi connectivity index (χ4n) is 2.11. The molecule has 94 valence electrons. The molecule has 0 spiro atoms. The van der Waals surface area contributed by atoms with E-state index < -0.39 is 0 Å². The second-order valence-corrected chi connectivity index (χ2v) is 4.48. The summed E-state index contributed by atoms with van der Waals surface area (Å²) in [5.41, 5.74) is 7.82. The van der Waals surface area contributed by atoms with Crippen molar-refractivity contribution in [3.8, 4) is 0 Å².